The zero-order chi connectivity index (χ0) is 28.3. The van der Waals surface area contributed by atoms with Gasteiger partial charge in [-0.25, -0.2) is 4.79 Å². The molecule has 0 radical (unpaired) electrons. The highest BCUT2D eigenvalue weighted by atomic mass is 16.6. The molecule has 3 amide bonds. The highest BCUT2D eigenvalue weighted by Gasteiger charge is 2.38. The Hall–Kier alpha value is -3.10. The van der Waals surface area contributed by atoms with Crippen molar-refractivity contribution in [1.82, 2.24) is 15.5 Å². The standard InChI is InChI=1S/C28H45N3O6/c1-10-18(4)23(30-27(35)37-28(7,8)9)26(34)31(11-2)24(22-19(5)14-13-15-20(22)6)25(33)29-17-16-21(32)36-12-3/h13-15,18,23-24H,10-12,16-17H2,1-9H3,(H,29,33)(H,30,35). The molecule has 1 rings (SSSR count). The summed E-state index contributed by atoms with van der Waals surface area (Å²) in [5.74, 6) is -1.40. The Morgan fingerprint density at radius 2 is 1.62 bits per heavy atom. The predicted molar refractivity (Wildman–Crippen MR) is 143 cm³/mol. The summed E-state index contributed by atoms with van der Waals surface area (Å²) in [6, 6.07) is 3.84. The average molecular weight is 520 g/mol. The van der Waals surface area contributed by atoms with Gasteiger partial charge >= 0.3 is 12.1 Å². The van der Waals surface area contributed by atoms with E-state index in [1.807, 2.05) is 45.9 Å². The number of alkyl carbamates (subject to hydrolysis) is 1. The number of likely N-dealkylation sites (N-methyl/N-ethyl adjacent to an activating group) is 1. The van der Waals surface area contributed by atoms with Crippen LogP contribution in [0.3, 0.4) is 0 Å². The van der Waals surface area contributed by atoms with Gasteiger partial charge in [0.05, 0.1) is 13.0 Å². The van der Waals surface area contributed by atoms with E-state index in [1.54, 1.807) is 34.6 Å². The van der Waals surface area contributed by atoms with Crippen LogP contribution in [0.25, 0.3) is 0 Å². The molecule has 0 bridgehead atoms. The van der Waals surface area contributed by atoms with Gasteiger partial charge in [0.25, 0.3) is 0 Å². The van der Waals surface area contributed by atoms with Crippen molar-refractivity contribution >= 4 is 23.9 Å². The fourth-order valence-corrected chi connectivity index (χ4v) is 4.07. The number of nitrogens with one attached hydrogen (secondary N) is 2. The van der Waals surface area contributed by atoms with Gasteiger partial charge in [-0.3, -0.25) is 14.4 Å². The molecule has 0 aromatic heterocycles. The van der Waals surface area contributed by atoms with Crippen molar-refractivity contribution in [3.8, 4) is 0 Å². The molecule has 208 valence electrons. The lowest BCUT2D eigenvalue weighted by Gasteiger charge is -2.36. The van der Waals surface area contributed by atoms with Gasteiger partial charge in [0.1, 0.15) is 17.7 Å². The Morgan fingerprint density at radius 3 is 2.11 bits per heavy atom. The van der Waals surface area contributed by atoms with Crippen molar-refractivity contribution in [1.29, 1.82) is 0 Å². The van der Waals surface area contributed by atoms with Crippen molar-refractivity contribution < 1.29 is 28.7 Å². The highest BCUT2D eigenvalue weighted by molar-refractivity contribution is 5.92. The summed E-state index contributed by atoms with van der Waals surface area (Å²) >= 11 is 0. The molecule has 1 aromatic rings. The topological polar surface area (TPSA) is 114 Å². The van der Waals surface area contributed by atoms with Crippen molar-refractivity contribution in [2.24, 2.45) is 5.92 Å². The SMILES string of the molecule is CCOC(=O)CCNC(=O)C(c1c(C)cccc1C)N(CC)C(=O)C(NC(=O)OC(C)(C)C)C(C)CC. The van der Waals surface area contributed by atoms with Crippen LogP contribution in [0.2, 0.25) is 0 Å². The summed E-state index contributed by atoms with van der Waals surface area (Å²) in [4.78, 5) is 53.5. The second-order valence-electron chi connectivity index (χ2n) is 10.2. The van der Waals surface area contributed by atoms with E-state index in [9.17, 15) is 19.2 Å². The van der Waals surface area contributed by atoms with Gasteiger partial charge < -0.3 is 25.0 Å². The number of rotatable bonds is 12. The number of benzene rings is 1. The molecule has 0 aliphatic carbocycles. The molecular formula is C28H45N3O6. The van der Waals surface area contributed by atoms with Crippen molar-refractivity contribution in [2.45, 2.75) is 92.8 Å². The molecule has 2 N–H and O–H groups in total. The maximum absolute atomic E-state index is 14.0. The first kappa shape index (κ1) is 31.9. The van der Waals surface area contributed by atoms with Gasteiger partial charge in [0.15, 0.2) is 0 Å². The summed E-state index contributed by atoms with van der Waals surface area (Å²) < 4.78 is 10.4. The van der Waals surface area contributed by atoms with Crippen LogP contribution < -0.4 is 10.6 Å². The quantitative estimate of drug-likeness (QED) is 0.400. The lowest BCUT2D eigenvalue weighted by molar-refractivity contribution is -0.144. The van der Waals surface area contributed by atoms with Crippen LogP contribution in [0.4, 0.5) is 4.79 Å². The second-order valence-corrected chi connectivity index (χ2v) is 10.2. The number of hydrogen-bond donors (Lipinski definition) is 2. The number of aryl methyl sites for hydroxylation is 2. The van der Waals surface area contributed by atoms with Gasteiger partial charge in [-0.1, -0.05) is 38.5 Å². The van der Waals surface area contributed by atoms with Crippen molar-refractivity contribution in [3.05, 3.63) is 34.9 Å². The van der Waals surface area contributed by atoms with Crippen LogP contribution >= 0.6 is 0 Å². The zero-order valence-electron chi connectivity index (χ0n) is 23.9. The Labute approximate surface area is 221 Å². The molecule has 9 heteroatoms. The number of hydrogen-bond acceptors (Lipinski definition) is 6. The third kappa shape index (κ3) is 9.70. The monoisotopic (exact) mass is 519 g/mol. The molecule has 37 heavy (non-hydrogen) atoms. The van der Waals surface area contributed by atoms with E-state index in [2.05, 4.69) is 10.6 Å². The third-order valence-electron chi connectivity index (χ3n) is 6.08. The second kappa shape index (κ2) is 14.6. The van der Waals surface area contributed by atoms with E-state index >= 15 is 0 Å². The van der Waals surface area contributed by atoms with E-state index in [-0.39, 0.29) is 37.9 Å². The van der Waals surface area contributed by atoms with Crippen molar-refractivity contribution in [2.75, 3.05) is 19.7 Å². The number of carbonyl (C=O) groups excluding carboxylic acids is 4. The summed E-state index contributed by atoms with van der Waals surface area (Å²) in [6.07, 6.45) is -0.0389. The molecular weight excluding hydrogens is 474 g/mol. The first-order valence-corrected chi connectivity index (χ1v) is 13.1. The molecule has 3 atom stereocenters. The van der Waals surface area contributed by atoms with Crippen LogP contribution in [0.1, 0.15) is 84.0 Å². The fourth-order valence-electron chi connectivity index (χ4n) is 4.07. The fraction of sp³-hybridized carbons (Fsp3) is 0.643. The van der Waals surface area contributed by atoms with Gasteiger partial charge in [-0.2, -0.15) is 0 Å². The molecule has 0 heterocycles. The third-order valence-corrected chi connectivity index (χ3v) is 6.08. The van der Waals surface area contributed by atoms with Crippen LogP contribution in [-0.2, 0) is 23.9 Å². The summed E-state index contributed by atoms with van der Waals surface area (Å²) in [5, 5.41) is 5.54. The average Bonchev–Trinajstić information content (AvgIpc) is 2.80. The largest absolute Gasteiger partial charge is 0.466 e. The minimum absolute atomic E-state index is 0.0226. The van der Waals surface area contributed by atoms with Crippen molar-refractivity contribution in [3.63, 3.8) is 0 Å². The molecule has 0 spiro atoms. The van der Waals surface area contributed by atoms with E-state index in [4.69, 9.17) is 9.47 Å². The minimum Gasteiger partial charge on any atom is -0.466 e. The minimum atomic E-state index is -0.951. The molecule has 0 aliphatic heterocycles. The van der Waals surface area contributed by atoms with Crippen LogP contribution in [0.15, 0.2) is 18.2 Å². The first-order valence-electron chi connectivity index (χ1n) is 13.1. The summed E-state index contributed by atoms with van der Waals surface area (Å²) in [6.45, 7) is 16.9. The molecule has 0 saturated carbocycles. The van der Waals surface area contributed by atoms with Gasteiger partial charge in [0, 0.05) is 13.1 Å². The van der Waals surface area contributed by atoms with Crippen LogP contribution in [-0.4, -0.2) is 60.1 Å². The number of ether oxygens (including phenoxy) is 2. The molecule has 0 aliphatic rings. The smallest absolute Gasteiger partial charge is 0.408 e. The molecule has 3 unspecified atom stereocenters. The molecule has 0 fully saturated rings. The Kier molecular flexibility index (Phi) is 12.6. The summed E-state index contributed by atoms with van der Waals surface area (Å²) in [7, 11) is 0. The maximum atomic E-state index is 14.0. The lowest BCUT2D eigenvalue weighted by Crippen LogP contribution is -2.55. The zero-order valence-corrected chi connectivity index (χ0v) is 23.9. The Balaban J connectivity index is 3.40. The van der Waals surface area contributed by atoms with E-state index in [0.717, 1.165) is 11.1 Å². The van der Waals surface area contributed by atoms with E-state index in [1.165, 1.54) is 4.90 Å². The highest BCUT2D eigenvalue weighted by Crippen LogP contribution is 2.29. The Morgan fingerprint density at radius 1 is 1.03 bits per heavy atom. The first-order chi connectivity index (χ1) is 17.3. The van der Waals surface area contributed by atoms with Gasteiger partial charge in [-0.05, 0) is 71.1 Å². The lowest BCUT2D eigenvalue weighted by atomic mass is 9.92. The number of carbonyl (C=O) groups is 4. The van der Waals surface area contributed by atoms with Gasteiger partial charge in [0.2, 0.25) is 11.8 Å². The van der Waals surface area contributed by atoms with E-state index in [0.29, 0.717) is 12.0 Å². The van der Waals surface area contributed by atoms with Gasteiger partial charge in [-0.15, -0.1) is 0 Å². The normalized spacial score (nSPS) is 13.6. The molecule has 1 aromatic carbocycles. The molecule has 9 nitrogen and oxygen atoms in total. The predicted octanol–water partition coefficient (Wildman–Crippen LogP) is 4.20. The Bertz CT molecular complexity index is 920. The van der Waals surface area contributed by atoms with Crippen LogP contribution in [0.5, 0.6) is 0 Å². The van der Waals surface area contributed by atoms with E-state index < -0.39 is 35.7 Å². The maximum Gasteiger partial charge on any atom is 0.408 e. The number of esters is 1. The number of nitrogens with zero attached hydrogens (tertiary/aromatic N) is 1. The molecule has 0 saturated heterocycles. The van der Waals surface area contributed by atoms with Crippen LogP contribution in [0, 0.1) is 19.8 Å². The number of amides is 3. The summed E-state index contributed by atoms with van der Waals surface area (Å²) in [5.41, 5.74) is 1.71.